The summed E-state index contributed by atoms with van der Waals surface area (Å²) < 4.78 is 68.2. The lowest BCUT2D eigenvalue weighted by Crippen LogP contribution is -2.34. The Morgan fingerprint density at radius 2 is 0.651 bits per heavy atom. The summed E-state index contributed by atoms with van der Waals surface area (Å²) in [6, 6.07) is 25.1. The van der Waals surface area contributed by atoms with Gasteiger partial charge >= 0.3 is 0 Å². The summed E-state index contributed by atoms with van der Waals surface area (Å²) in [7, 11) is 0. The number of unbranched alkanes of at least 4 members (excludes halogenated alkanes) is 24. The standard InChI is InChI=1S/C74H96F4N2O2S4/c1-5-9-13-17-21-23-27-31-39-53(37-29-25-19-15-11-7-3)51-79-71(61-47-45-59(85-61)67(75)69(77)63-49-55-41-33-35-43-57(55)83-63)65-66(73(79)81)72(62-48-46-60(86-62)68(76)70(78)64-50-56-42-34-36-44-58(56)84-64)80(74(65)82)52-54(38-30-26-20-16-12-8-4)40-32-28-24-22-18-14-10-6-2/h33-36,41-50,53-54H,5-32,37-40,51-52H2,1-4H3/b69-67+,70-68+. The maximum atomic E-state index is 16.8. The number of benzene rings is 2. The maximum absolute atomic E-state index is 16.8. The first-order chi connectivity index (χ1) is 42.1. The lowest BCUT2D eigenvalue weighted by Gasteiger charge is -2.29. The molecule has 12 heteroatoms. The number of carbonyl (C=O) groups excluding carboxylic acids is 2. The maximum Gasteiger partial charge on any atom is 0.261 e. The highest BCUT2D eigenvalue weighted by Crippen LogP contribution is 2.51. The van der Waals surface area contributed by atoms with Gasteiger partial charge in [-0.3, -0.25) is 9.59 Å². The Hall–Kier alpha value is -4.62. The van der Waals surface area contributed by atoms with E-state index in [2.05, 4.69) is 27.7 Å². The summed E-state index contributed by atoms with van der Waals surface area (Å²) in [5, 5.41) is 1.67. The van der Waals surface area contributed by atoms with Crippen LogP contribution in [0, 0.1) is 11.8 Å². The highest BCUT2D eigenvalue weighted by molar-refractivity contribution is 7.20. The minimum Gasteiger partial charge on any atom is -0.306 e. The highest BCUT2D eigenvalue weighted by atomic mass is 32.1. The van der Waals surface area contributed by atoms with Crippen molar-refractivity contribution in [2.45, 2.75) is 233 Å². The quantitative estimate of drug-likeness (QED) is 0.0283. The van der Waals surface area contributed by atoms with E-state index >= 15 is 27.2 Å². The topological polar surface area (TPSA) is 40.6 Å². The average Bonchev–Trinajstić information content (AvgIpc) is 1.57. The lowest BCUT2D eigenvalue weighted by molar-refractivity contribution is -0.124. The fraction of sp³-hybridized carbons (Fsp3) is 0.541. The van der Waals surface area contributed by atoms with Gasteiger partial charge in [0.1, 0.15) is 0 Å². The molecule has 6 heterocycles. The van der Waals surface area contributed by atoms with E-state index < -0.39 is 23.3 Å². The minimum atomic E-state index is -0.983. The first-order valence-corrected chi connectivity index (χ1v) is 36.7. The SMILES string of the molecule is CCCCCCCCCCC(CCCCCCCC)CN1C(=O)C2=C(c3ccc(/C(F)=C(\F)c4cc5ccccc5s4)s3)N(CC(CCCCCCCC)CCCCCCCCCC)C(=O)C2=C1c1ccc(/C(F)=C(\F)c2cc3ccccc3s2)s1. The summed E-state index contributed by atoms with van der Waals surface area (Å²) in [4.78, 5) is 37.3. The Balaban J connectivity index is 1.21. The number of amides is 2. The fourth-order valence-electron chi connectivity index (χ4n) is 12.8. The fourth-order valence-corrected chi connectivity index (χ4v) is 16.7. The van der Waals surface area contributed by atoms with Gasteiger partial charge < -0.3 is 9.80 Å². The predicted octanol–water partition coefficient (Wildman–Crippen LogP) is 25.4. The summed E-state index contributed by atoms with van der Waals surface area (Å²) >= 11 is 4.54. The molecule has 0 aliphatic carbocycles. The zero-order valence-corrected chi connectivity index (χ0v) is 55.4. The third kappa shape index (κ3) is 18.3. The number of fused-ring (bicyclic) bond motifs is 3. The van der Waals surface area contributed by atoms with Gasteiger partial charge in [0.2, 0.25) is 0 Å². The Morgan fingerprint density at radius 3 is 0.965 bits per heavy atom. The number of rotatable bonds is 42. The summed E-state index contributed by atoms with van der Waals surface area (Å²) in [6.07, 6.45) is 36.6. The summed E-state index contributed by atoms with van der Waals surface area (Å²) in [5.41, 5.74) is 1.43. The second-order valence-corrected chi connectivity index (χ2v) is 28.9. The number of nitrogens with zero attached hydrogens (tertiary/aromatic N) is 2. The number of halogens is 4. The van der Waals surface area contributed by atoms with E-state index in [1.165, 1.54) is 138 Å². The Labute approximate surface area is 529 Å². The number of carbonyl (C=O) groups is 2. The van der Waals surface area contributed by atoms with Crippen molar-refractivity contribution >= 4 is 112 Å². The van der Waals surface area contributed by atoms with Crippen molar-refractivity contribution in [1.82, 2.24) is 9.80 Å². The van der Waals surface area contributed by atoms with E-state index in [-0.39, 0.29) is 54.3 Å². The van der Waals surface area contributed by atoms with Crippen molar-refractivity contribution in [3.63, 3.8) is 0 Å². The van der Waals surface area contributed by atoms with Crippen LogP contribution in [0.2, 0.25) is 0 Å². The van der Waals surface area contributed by atoms with Crippen LogP contribution in [-0.2, 0) is 9.59 Å². The smallest absolute Gasteiger partial charge is 0.261 e. The van der Waals surface area contributed by atoms with Crippen LogP contribution in [-0.4, -0.2) is 34.7 Å². The van der Waals surface area contributed by atoms with Gasteiger partial charge in [0, 0.05) is 22.5 Å². The van der Waals surface area contributed by atoms with Crippen molar-refractivity contribution in [3.05, 3.63) is 125 Å². The van der Waals surface area contributed by atoms with Crippen LogP contribution < -0.4 is 0 Å². The molecule has 2 amide bonds. The van der Waals surface area contributed by atoms with Crippen LogP contribution >= 0.6 is 45.3 Å². The molecular weight excluding hydrogens is 1150 g/mol. The molecule has 2 aliphatic heterocycles. The molecule has 86 heavy (non-hydrogen) atoms. The molecule has 2 aliphatic rings. The van der Waals surface area contributed by atoms with Crippen LogP contribution in [0.5, 0.6) is 0 Å². The van der Waals surface area contributed by atoms with E-state index in [9.17, 15) is 0 Å². The zero-order valence-electron chi connectivity index (χ0n) is 52.1. The summed E-state index contributed by atoms with van der Waals surface area (Å²) in [6.45, 7) is 9.71. The molecule has 4 aromatic heterocycles. The first kappa shape index (κ1) is 67.3. The largest absolute Gasteiger partial charge is 0.306 e. The molecule has 2 unspecified atom stereocenters. The second-order valence-electron chi connectivity index (χ2n) is 24.5. The van der Waals surface area contributed by atoms with Crippen LogP contribution in [0.3, 0.4) is 0 Å². The lowest BCUT2D eigenvalue weighted by atomic mass is 9.93. The molecule has 0 N–H and O–H groups in total. The molecule has 6 aromatic rings. The number of hydrogen-bond acceptors (Lipinski definition) is 6. The van der Waals surface area contributed by atoms with Crippen LogP contribution in [0.25, 0.3) is 54.9 Å². The molecule has 8 rings (SSSR count). The van der Waals surface area contributed by atoms with Crippen LogP contribution in [0.4, 0.5) is 17.6 Å². The molecule has 0 spiro atoms. The van der Waals surface area contributed by atoms with E-state index in [0.717, 1.165) is 133 Å². The van der Waals surface area contributed by atoms with Crippen molar-refractivity contribution < 1.29 is 27.2 Å². The molecule has 0 saturated carbocycles. The van der Waals surface area contributed by atoms with Gasteiger partial charge in [-0.25, -0.2) is 17.6 Å². The van der Waals surface area contributed by atoms with Gasteiger partial charge in [-0.05, 0) is 96.8 Å². The van der Waals surface area contributed by atoms with Gasteiger partial charge in [-0.1, -0.05) is 244 Å². The molecule has 4 nitrogen and oxygen atoms in total. The Morgan fingerprint density at radius 1 is 0.360 bits per heavy atom. The third-order valence-corrected chi connectivity index (χ3v) is 22.1. The van der Waals surface area contributed by atoms with E-state index in [0.29, 0.717) is 34.2 Å². The van der Waals surface area contributed by atoms with Crippen molar-refractivity contribution in [2.24, 2.45) is 11.8 Å². The molecule has 0 fully saturated rings. The highest BCUT2D eigenvalue weighted by Gasteiger charge is 2.50. The minimum absolute atomic E-state index is 0.0770. The van der Waals surface area contributed by atoms with Crippen LogP contribution in [0.15, 0.2) is 96.1 Å². The van der Waals surface area contributed by atoms with E-state index in [1.807, 2.05) is 48.5 Å². The van der Waals surface area contributed by atoms with Gasteiger partial charge in [-0.15, -0.1) is 45.3 Å². The normalized spacial score (nSPS) is 15.1. The number of thiophene rings is 4. The van der Waals surface area contributed by atoms with Gasteiger partial charge in [-0.2, -0.15) is 0 Å². The van der Waals surface area contributed by atoms with Gasteiger partial charge in [0.05, 0.1) is 51.8 Å². The Kier molecular flexibility index (Phi) is 27.8. The van der Waals surface area contributed by atoms with Crippen molar-refractivity contribution in [2.75, 3.05) is 13.1 Å². The average molecular weight is 1250 g/mol. The van der Waals surface area contributed by atoms with Crippen molar-refractivity contribution in [3.8, 4) is 0 Å². The molecule has 0 bridgehead atoms. The zero-order chi connectivity index (χ0) is 60.6. The monoisotopic (exact) mass is 1250 g/mol. The molecule has 2 aromatic carbocycles. The summed E-state index contributed by atoms with van der Waals surface area (Å²) in [5.74, 6) is -4.19. The van der Waals surface area contributed by atoms with Gasteiger partial charge in [0.25, 0.3) is 11.8 Å². The molecule has 466 valence electrons. The van der Waals surface area contributed by atoms with E-state index in [4.69, 9.17) is 0 Å². The first-order valence-electron chi connectivity index (χ1n) is 33.5. The third-order valence-electron chi connectivity index (χ3n) is 17.7. The van der Waals surface area contributed by atoms with Gasteiger partial charge in [0.15, 0.2) is 23.3 Å². The molecule has 2 atom stereocenters. The molecule has 0 saturated heterocycles. The second kappa shape index (κ2) is 35.5. The predicted molar refractivity (Wildman–Crippen MR) is 365 cm³/mol. The molecular formula is C74H96F4N2O2S4. The van der Waals surface area contributed by atoms with E-state index in [1.54, 1.807) is 46.2 Å². The molecule has 0 radical (unpaired) electrons. The van der Waals surface area contributed by atoms with Crippen LogP contribution in [0.1, 0.15) is 262 Å². The number of hydrogen-bond donors (Lipinski definition) is 0. The van der Waals surface area contributed by atoms with Crippen molar-refractivity contribution in [1.29, 1.82) is 0 Å². The Bertz CT molecular complexity index is 2950.